The highest BCUT2D eigenvalue weighted by atomic mass is 19.1. The van der Waals surface area contributed by atoms with E-state index in [0.29, 0.717) is 11.1 Å². The second-order valence-corrected chi connectivity index (χ2v) is 11.1. The molecule has 1 aliphatic carbocycles. The van der Waals surface area contributed by atoms with Gasteiger partial charge < -0.3 is 59.6 Å². The fourth-order valence-electron chi connectivity index (χ4n) is 5.45. The van der Waals surface area contributed by atoms with Crippen molar-refractivity contribution in [2.45, 2.75) is 75.0 Å². The van der Waals surface area contributed by atoms with Crippen molar-refractivity contribution in [2.75, 3.05) is 13.4 Å². The number of ether oxygens (including phenoxy) is 5. The number of carbonyl (C=O) groups is 1. The summed E-state index contributed by atoms with van der Waals surface area (Å²) in [4.78, 5) is 12.9. The molecule has 45 heavy (non-hydrogen) atoms. The van der Waals surface area contributed by atoms with Gasteiger partial charge in [-0.25, -0.2) is 4.39 Å². The van der Waals surface area contributed by atoms with Crippen LogP contribution < -0.4 is 14.8 Å². The Kier molecular flexibility index (Phi) is 10.1. The number of amides is 1. The lowest BCUT2D eigenvalue weighted by Crippen LogP contribution is -2.67. The van der Waals surface area contributed by atoms with Gasteiger partial charge in [0, 0.05) is 5.57 Å². The van der Waals surface area contributed by atoms with Crippen LogP contribution in [-0.2, 0) is 19.0 Å². The minimum Gasteiger partial charge on any atom is -0.504 e. The van der Waals surface area contributed by atoms with E-state index < -0.39 is 72.9 Å². The van der Waals surface area contributed by atoms with Crippen molar-refractivity contribution in [3.8, 4) is 17.2 Å². The van der Waals surface area contributed by atoms with Gasteiger partial charge in [0.05, 0.1) is 6.04 Å². The average molecular weight is 634 g/mol. The zero-order valence-electron chi connectivity index (χ0n) is 24.4. The van der Waals surface area contributed by atoms with Gasteiger partial charge in [-0.2, -0.15) is 0 Å². The number of fused-ring (bicyclic) bond motifs is 1. The van der Waals surface area contributed by atoms with E-state index in [1.807, 2.05) is 0 Å². The lowest BCUT2D eigenvalue weighted by molar-refractivity contribution is -0.155. The van der Waals surface area contributed by atoms with Gasteiger partial charge in [0.25, 0.3) is 0 Å². The number of benzene rings is 2. The molecule has 244 valence electrons. The number of aliphatic hydroxyl groups is 5. The van der Waals surface area contributed by atoms with Crippen molar-refractivity contribution >= 4 is 12.0 Å². The third-order valence-corrected chi connectivity index (χ3v) is 8.02. The summed E-state index contributed by atoms with van der Waals surface area (Å²) in [5.41, 5.74) is 1.06. The van der Waals surface area contributed by atoms with E-state index in [-0.39, 0.29) is 36.2 Å². The number of nitrogens with one attached hydrogen (secondary N) is 1. The van der Waals surface area contributed by atoms with E-state index in [0.717, 1.165) is 0 Å². The molecule has 3 aliphatic rings. The number of aliphatic hydroxyl groups excluding tert-OH is 5. The molecule has 14 heteroatoms. The zero-order valence-corrected chi connectivity index (χ0v) is 24.4. The Balaban J connectivity index is 1.18. The minimum atomic E-state index is -1.50. The number of carbonyl (C=O) groups excluding carboxylic acids is 1. The Morgan fingerprint density at radius 1 is 0.956 bits per heavy atom. The molecule has 0 aromatic heterocycles. The van der Waals surface area contributed by atoms with Crippen LogP contribution in [0.15, 0.2) is 59.7 Å². The highest BCUT2D eigenvalue weighted by Crippen LogP contribution is 2.34. The van der Waals surface area contributed by atoms with E-state index in [2.05, 4.69) is 5.32 Å². The van der Waals surface area contributed by atoms with Gasteiger partial charge in [-0.15, -0.1) is 0 Å². The summed E-state index contributed by atoms with van der Waals surface area (Å²) >= 11 is 0. The van der Waals surface area contributed by atoms with Crippen molar-refractivity contribution in [3.63, 3.8) is 0 Å². The molecule has 2 heterocycles. The summed E-state index contributed by atoms with van der Waals surface area (Å²) in [6, 6.07) is 8.90. The smallest absolute Gasteiger partial charge is 0.247 e. The maximum atomic E-state index is 13.8. The van der Waals surface area contributed by atoms with Crippen molar-refractivity contribution in [2.24, 2.45) is 0 Å². The number of rotatable bonds is 9. The molecular weight excluding hydrogens is 597 g/mol. The van der Waals surface area contributed by atoms with Gasteiger partial charge in [0.1, 0.15) is 62.2 Å². The first-order chi connectivity index (χ1) is 21.5. The second-order valence-electron chi connectivity index (χ2n) is 11.1. The molecule has 3 fully saturated rings. The molecule has 2 aromatic carbocycles. The summed E-state index contributed by atoms with van der Waals surface area (Å²) in [6.07, 6.45) is -8.13. The van der Waals surface area contributed by atoms with E-state index >= 15 is 0 Å². The number of phenols is 1. The Labute approximate surface area is 257 Å². The van der Waals surface area contributed by atoms with E-state index in [9.17, 15) is 39.8 Å². The molecule has 0 radical (unpaired) electrons. The number of hydrogen-bond acceptors (Lipinski definition) is 12. The Hall–Kier alpha value is -3.60. The number of halogens is 1. The SMILES string of the molecule is C/C(=C/COc1ccccc1F)[C@H]1O[C@@H](Oc2ccc(/C=C(\C)C(=O)N[C@@H]3[C@H](O)[C@@H](O)[C@H]4OCO[C@H]4[C@@H]3O)cc2O)[C@@H](O)[C@@H]1O. The predicted molar refractivity (Wildman–Crippen MR) is 153 cm³/mol. The van der Waals surface area contributed by atoms with Crippen molar-refractivity contribution in [1.29, 1.82) is 0 Å². The first kappa shape index (κ1) is 32.8. The van der Waals surface area contributed by atoms with Crippen LogP contribution in [0, 0.1) is 5.82 Å². The topological polar surface area (TPSA) is 197 Å². The van der Waals surface area contributed by atoms with Crippen LogP contribution in [0.2, 0.25) is 0 Å². The fourth-order valence-corrected chi connectivity index (χ4v) is 5.45. The number of aromatic hydroxyl groups is 1. The molecule has 0 spiro atoms. The molecule has 0 unspecified atom stereocenters. The lowest BCUT2D eigenvalue weighted by atomic mass is 9.83. The summed E-state index contributed by atoms with van der Waals surface area (Å²) in [5, 5.41) is 65.5. The molecule has 0 bridgehead atoms. The standard InChI is InChI=1S/C31H36FNO12/c1-14(9-10-41-19-6-4-3-5-17(19)32)27-25(38)26(39)31(45-27)44-20-8-7-16(12-18(20)34)11-15(2)30(40)33-21-22(35)24(37)29-28(23(21)36)42-13-43-29/h3-9,11-12,21-29,31,34-39H,10,13H2,1-2H3,(H,33,40)/b14-9-,15-11+/t21-,22+,23-,24-,25+,26+,27-,28+,29-,31-/m1/s1. The second kappa shape index (κ2) is 13.8. The van der Waals surface area contributed by atoms with E-state index in [1.165, 1.54) is 49.4 Å². The van der Waals surface area contributed by atoms with Crippen LogP contribution in [0.4, 0.5) is 4.39 Å². The molecule has 13 nitrogen and oxygen atoms in total. The van der Waals surface area contributed by atoms with Gasteiger partial charge >= 0.3 is 0 Å². The largest absolute Gasteiger partial charge is 0.504 e. The summed E-state index contributed by atoms with van der Waals surface area (Å²) < 4.78 is 41.0. The summed E-state index contributed by atoms with van der Waals surface area (Å²) in [5.74, 6) is -1.51. The van der Waals surface area contributed by atoms with Gasteiger partial charge in [-0.1, -0.05) is 18.2 Å². The first-order valence-corrected chi connectivity index (χ1v) is 14.3. The van der Waals surface area contributed by atoms with Crippen LogP contribution in [0.5, 0.6) is 17.2 Å². The maximum Gasteiger partial charge on any atom is 0.247 e. The van der Waals surface area contributed by atoms with Gasteiger partial charge in [-0.3, -0.25) is 4.79 Å². The van der Waals surface area contributed by atoms with Crippen LogP contribution in [0.3, 0.4) is 0 Å². The third-order valence-electron chi connectivity index (χ3n) is 8.02. The van der Waals surface area contributed by atoms with E-state index in [1.54, 1.807) is 19.1 Å². The third kappa shape index (κ3) is 6.98. The summed E-state index contributed by atoms with van der Waals surface area (Å²) in [6.45, 7) is 2.96. The van der Waals surface area contributed by atoms with Gasteiger partial charge in [-0.05, 0) is 61.4 Å². The summed E-state index contributed by atoms with van der Waals surface area (Å²) in [7, 11) is 0. The number of para-hydroxylation sites is 1. The van der Waals surface area contributed by atoms with Crippen LogP contribution in [0.25, 0.3) is 6.08 Å². The predicted octanol–water partition coefficient (Wildman–Crippen LogP) is 0.108. The molecule has 2 aromatic rings. The molecule has 7 N–H and O–H groups in total. The minimum absolute atomic E-state index is 0.0116. The Bertz CT molecular complexity index is 1440. The molecule has 1 saturated carbocycles. The average Bonchev–Trinajstić information content (AvgIpc) is 3.62. The highest BCUT2D eigenvalue weighted by Gasteiger charge is 2.53. The normalized spacial score (nSPS) is 33.5. The van der Waals surface area contributed by atoms with Crippen molar-refractivity contribution < 1.29 is 63.5 Å². The van der Waals surface area contributed by atoms with Gasteiger partial charge in [0.15, 0.2) is 23.1 Å². The lowest BCUT2D eigenvalue weighted by Gasteiger charge is -2.41. The maximum absolute atomic E-state index is 13.8. The molecule has 5 rings (SSSR count). The molecule has 2 aliphatic heterocycles. The number of phenolic OH excluding ortho intramolecular Hbond substituents is 1. The quantitative estimate of drug-likeness (QED) is 0.146. The first-order valence-electron chi connectivity index (χ1n) is 14.3. The fraction of sp³-hybridized carbons (Fsp3) is 0.452. The van der Waals surface area contributed by atoms with Crippen LogP contribution >= 0.6 is 0 Å². The molecule has 10 atom stereocenters. The Morgan fingerprint density at radius 2 is 1.67 bits per heavy atom. The molecule has 2 saturated heterocycles. The van der Waals surface area contributed by atoms with Gasteiger partial charge in [0.2, 0.25) is 12.2 Å². The molecule has 1 amide bonds. The van der Waals surface area contributed by atoms with E-state index in [4.69, 9.17) is 23.7 Å². The van der Waals surface area contributed by atoms with Crippen molar-refractivity contribution in [3.05, 3.63) is 71.1 Å². The Morgan fingerprint density at radius 3 is 2.38 bits per heavy atom. The number of hydrogen-bond donors (Lipinski definition) is 7. The monoisotopic (exact) mass is 633 g/mol. The zero-order chi connectivity index (χ0) is 32.4. The highest BCUT2D eigenvalue weighted by molar-refractivity contribution is 5.97. The van der Waals surface area contributed by atoms with Crippen molar-refractivity contribution in [1.82, 2.24) is 5.32 Å². The van der Waals surface area contributed by atoms with Crippen LogP contribution in [0.1, 0.15) is 19.4 Å². The van der Waals surface area contributed by atoms with Crippen LogP contribution in [-0.4, -0.2) is 111 Å². The molecular formula is C31H36FNO12.